The number of thiazole rings is 1. The summed E-state index contributed by atoms with van der Waals surface area (Å²) >= 11 is 1.36. The molecule has 0 fully saturated rings. The van der Waals surface area contributed by atoms with Crippen molar-refractivity contribution in [1.82, 2.24) is 9.97 Å². The maximum Gasteiger partial charge on any atom is 0.293 e. The maximum absolute atomic E-state index is 12.2. The lowest BCUT2D eigenvalue weighted by molar-refractivity contribution is 0.0998. The van der Waals surface area contributed by atoms with Gasteiger partial charge in [0, 0.05) is 22.3 Å². The second kappa shape index (κ2) is 4.92. The highest BCUT2D eigenvalue weighted by Crippen LogP contribution is 2.24. The number of fused-ring (bicyclic) bond motifs is 2. The Balaban J connectivity index is 1.76. The van der Waals surface area contributed by atoms with Gasteiger partial charge in [0.1, 0.15) is 0 Å². The van der Waals surface area contributed by atoms with Crippen LogP contribution < -0.4 is 5.32 Å². The van der Waals surface area contributed by atoms with Gasteiger partial charge in [-0.3, -0.25) is 10.1 Å². The topological polar surface area (TPSA) is 68.0 Å². The molecule has 0 saturated carbocycles. The van der Waals surface area contributed by atoms with Crippen molar-refractivity contribution in [1.29, 1.82) is 0 Å². The average Bonchev–Trinajstić information content (AvgIpc) is 3.13. The SMILES string of the molecule is Cc1ccc2cc3cc(C(=O)Nc4nccs4)oc3nc2c1. The van der Waals surface area contributed by atoms with E-state index in [1.807, 2.05) is 31.2 Å². The molecule has 0 aliphatic carbocycles. The second-order valence-electron chi connectivity index (χ2n) is 4.98. The lowest BCUT2D eigenvalue weighted by Gasteiger charge is -1.98. The number of pyridine rings is 1. The van der Waals surface area contributed by atoms with E-state index in [-0.39, 0.29) is 11.7 Å². The Morgan fingerprint density at radius 1 is 1.23 bits per heavy atom. The molecule has 0 aliphatic rings. The van der Waals surface area contributed by atoms with E-state index in [0.717, 1.165) is 21.9 Å². The zero-order chi connectivity index (χ0) is 15.1. The van der Waals surface area contributed by atoms with Gasteiger partial charge >= 0.3 is 0 Å². The number of amides is 1. The first-order valence-electron chi connectivity index (χ1n) is 6.71. The molecular formula is C16H11N3O2S. The molecule has 4 aromatic rings. The molecule has 0 spiro atoms. The standard InChI is InChI=1S/C16H11N3O2S/c1-9-2-3-10-7-11-8-13(21-15(11)18-12(10)6-9)14(20)19-16-17-4-5-22-16/h2-8H,1H3,(H,17,19,20). The summed E-state index contributed by atoms with van der Waals surface area (Å²) in [5.74, 6) is -0.0992. The van der Waals surface area contributed by atoms with Crippen molar-refractivity contribution in [3.05, 3.63) is 53.2 Å². The van der Waals surface area contributed by atoms with Crippen molar-refractivity contribution in [2.75, 3.05) is 5.32 Å². The smallest absolute Gasteiger partial charge is 0.293 e. The Bertz CT molecular complexity index is 989. The number of hydrogen-bond acceptors (Lipinski definition) is 5. The van der Waals surface area contributed by atoms with Crippen LogP contribution in [0.15, 0.2) is 46.3 Å². The zero-order valence-corrected chi connectivity index (χ0v) is 12.5. The van der Waals surface area contributed by atoms with Gasteiger partial charge in [-0.15, -0.1) is 11.3 Å². The van der Waals surface area contributed by atoms with Crippen molar-refractivity contribution in [3.8, 4) is 0 Å². The van der Waals surface area contributed by atoms with Gasteiger partial charge in [-0.2, -0.15) is 0 Å². The lowest BCUT2D eigenvalue weighted by Crippen LogP contribution is -2.10. The molecule has 0 aliphatic heterocycles. The molecule has 0 saturated heterocycles. The van der Waals surface area contributed by atoms with Crippen molar-refractivity contribution in [3.63, 3.8) is 0 Å². The van der Waals surface area contributed by atoms with Crippen molar-refractivity contribution < 1.29 is 9.21 Å². The van der Waals surface area contributed by atoms with Crippen LogP contribution in [0.5, 0.6) is 0 Å². The van der Waals surface area contributed by atoms with Crippen molar-refractivity contribution >= 4 is 44.4 Å². The highest BCUT2D eigenvalue weighted by molar-refractivity contribution is 7.13. The van der Waals surface area contributed by atoms with Crippen LogP contribution in [0.1, 0.15) is 16.1 Å². The first kappa shape index (κ1) is 13.0. The number of carbonyl (C=O) groups excluding carboxylic acids is 1. The number of nitrogens with one attached hydrogen (secondary N) is 1. The van der Waals surface area contributed by atoms with E-state index in [1.54, 1.807) is 17.6 Å². The van der Waals surface area contributed by atoms with Crippen molar-refractivity contribution in [2.24, 2.45) is 0 Å². The van der Waals surface area contributed by atoms with E-state index in [9.17, 15) is 4.79 Å². The highest BCUT2D eigenvalue weighted by Gasteiger charge is 2.14. The third-order valence-corrected chi connectivity index (χ3v) is 4.02. The van der Waals surface area contributed by atoms with Crippen LogP contribution in [0.4, 0.5) is 5.13 Å². The van der Waals surface area contributed by atoms with Crippen LogP contribution in [-0.4, -0.2) is 15.9 Å². The number of benzene rings is 1. The molecule has 22 heavy (non-hydrogen) atoms. The van der Waals surface area contributed by atoms with E-state index >= 15 is 0 Å². The molecule has 0 unspecified atom stereocenters. The number of hydrogen-bond donors (Lipinski definition) is 1. The first-order chi connectivity index (χ1) is 10.7. The molecule has 1 N–H and O–H groups in total. The first-order valence-corrected chi connectivity index (χ1v) is 7.59. The number of anilines is 1. The Morgan fingerprint density at radius 2 is 2.14 bits per heavy atom. The van der Waals surface area contributed by atoms with Crippen molar-refractivity contribution in [2.45, 2.75) is 6.92 Å². The van der Waals surface area contributed by atoms with Crippen LogP contribution in [0.3, 0.4) is 0 Å². The number of rotatable bonds is 2. The van der Waals surface area contributed by atoms with Gasteiger partial charge in [-0.05, 0) is 30.7 Å². The van der Waals surface area contributed by atoms with Gasteiger partial charge in [-0.25, -0.2) is 9.97 Å². The number of furan rings is 1. The number of nitrogens with zero attached hydrogens (tertiary/aromatic N) is 2. The molecule has 3 heterocycles. The summed E-state index contributed by atoms with van der Waals surface area (Å²) in [5, 5.41) is 6.86. The van der Waals surface area contributed by atoms with E-state index in [1.165, 1.54) is 11.3 Å². The quantitative estimate of drug-likeness (QED) is 0.607. The summed E-state index contributed by atoms with van der Waals surface area (Å²) in [5.41, 5.74) is 2.45. The summed E-state index contributed by atoms with van der Waals surface area (Å²) in [6, 6.07) is 9.71. The molecule has 1 amide bonds. The minimum Gasteiger partial charge on any atom is -0.433 e. The van der Waals surface area contributed by atoms with Gasteiger partial charge < -0.3 is 4.42 Å². The third kappa shape index (κ3) is 2.23. The van der Waals surface area contributed by atoms with Gasteiger partial charge in [0.2, 0.25) is 5.71 Å². The normalized spacial score (nSPS) is 11.1. The molecular weight excluding hydrogens is 298 g/mol. The van der Waals surface area contributed by atoms with E-state index in [4.69, 9.17) is 4.42 Å². The summed E-state index contributed by atoms with van der Waals surface area (Å²) in [7, 11) is 0. The number of aryl methyl sites for hydroxylation is 1. The monoisotopic (exact) mass is 309 g/mol. The predicted octanol–water partition coefficient (Wildman–Crippen LogP) is 4.00. The number of aromatic nitrogens is 2. The summed E-state index contributed by atoms with van der Waals surface area (Å²) in [6.45, 7) is 2.01. The van der Waals surface area contributed by atoms with Gasteiger partial charge in [0.15, 0.2) is 10.9 Å². The minimum absolute atomic E-state index is 0.227. The molecule has 0 radical (unpaired) electrons. The summed E-state index contributed by atoms with van der Waals surface area (Å²) < 4.78 is 5.58. The van der Waals surface area contributed by atoms with Crippen LogP contribution in [-0.2, 0) is 0 Å². The largest absolute Gasteiger partial charge is 0.433 e. The molecule has 5 nitrogen and oxygen atoms in total. The molecule has 108 valence electrons. The van der Waals surface area contributed by atoms with E-state index < -0.39 is 0 Å². The van der Waals surface area contributed by atoms with Gasteiger partial charge in [0.05, 0.1) is 5.52 Å². The fourth-order valence-electron chi connectivity index (χ4n) is 2.29. The second-order valence-corrected chi connectivity index (χ2v) is 5.88. The van der Waals surface area contributed by atoms with E-state index in [2.05, 4.69) is 15.3 Å². The molecule has 4 rings (SSSR count). The maximum atomic E-state index is 12.2. The fraction of sp³-hybridized carbons (Fsp3) is 0.0625. The zero-order valence-electron chi connectivity index (χ0n) is 11.7. The fourth-order valence-corrected chi connectivity index (χ4v) is 2.82. The Labute approximate surface area is 129 Å². The van der Waals surface area contributed by atoms with E-state index in [0.29, 0.717) is 10.8 Å². The Morgan fingerprint density at radius 3 is 2.95 bits per heavy atom. The molecule has 1 aromatic carbocycles. The minimum atomic E-state index is -0.326. The summed E-state index contributed by atoms with van der Waals surface area (Å²) in [6.07, 6.45) is 1.63. The third-order valence-electron chi connectivity index (χ3n) is 3.34. The average molecular weight is 309 g/mol. The molecule has 3 aromatic heterocycles. The highest BCUT2D eigenvalue weighted by atomic mass is 32.1. The van der Waals surface area contributed by atoms with Crippen LogP contribution in [0.2, 0.25) is 0 Å². The Kier molecular flexibility index (Phi) is 2.90. The molecule has 6 heteroatoms. The lowest BCUT2D eigenvalue weighted by atomic mass is 10.1. The molecule has 0 bridgehead atoms. The summed E-state index contributed by atoms with van der Waals surface area (Å²) in [4.78, 5) is 20.7. The molecule has 0 atom stereocenters. The van der Waals surface area contributed by atoms with Crippen LogP contribution in [0, 0.1) is 6.92 Å². The van der Waals surface area contributed by atoms with Gasteiger partial charge in [0.25, 0.3) is 5.91 Å². The van der Waals surface area contributed by atoms with Gasteiger partial charge in [-0.1, -0.05) is 12.1 Å². The number of carbonyl (C=O) groups is 1. The van der Waals surface area contributed by atoms with Crippen LogP contribution in [0.25, 0.3) is 22.0 Å². The van der Waals surface area contributed by atoms with Crippen LogP contribution >= 0.6 is 11.3 Å². The Hall–Kier alpha value is -2.73. The predicted molar refractivity (Wildman–Crippen MR) is 86.3 cm³/mol.